The molecule has 0 aromatic heterocycles. The Morgan fingerprint density at radius 3 is 2.52 bits per heavy atom. The van der Waals surface area contributed by atoms with E-state index in [4.69, 9.17) is 15.9 Å². The number of carbonyl (C=O) groups excluding carboxylic acids is 2. The van der Waals surface area contributed by atoms with E-state index in [-0.39, 0.29) is 19.4 Å². The Labute approximate surface area is 124 Å². The van der Waals surface area contributed by atoms with Crippen molar-refractivity contribution in [2.45, 2.75) is 24.9 Å². The van der Waals surface area contributed by atoms with Gasteiger partial charge in [0.15, 0.2) is 0 Å². The molecule has 1 saturated heterocycles. The minimum Gasteiger partial charge on any atom is -0.481 e. The molecule has 0 aliphatic carbocycles. The van der Waals surface area contributed by atoms with Crippen molar-refractivity contribution in [3.05, 3.63) is 0 Å². The van der Waals surface area contributed by atoms with Crippen LogP contribution in [0.3, 0.4) is 0 Å². The summed E-state index contributed by atoms with van der Waals surface area (Å²) in [6, 6.07) is -2.08. The van der Waals surface area contributed by atoms with Crippen LogP contribution in [0.25, 0.3) is 0 Å². The van der Waals surface area contributed by atoms with Gasteiger partial charge in [0.05, 0.1) is 12.4 Å². The predicted molar refractivity (Wildman–Crippen MR) is 73.4 cm³/mol. The second-order valence-corrected chi connectivity index (χ2v) is 5.41. The zero-order chi connectivity index (χ0) is 16.0. The van der Waals surface area contributed by atoms with Crippen LogP contribution in [0.5, 0.6) is 0 Å². The Hall–Kier alpha value is -1.81. The number of nitrogens with zero attached hydrogens (tertiary/aromatic N) is 1. The number of nitrogens with one attached hydrogen (secondary N) is 1. The number of rotatable bonds is 7. The molecule has 0 radical (unpaired) electrons. The van der Waals surface area contributed by atoms with Crippen LogP contribution in [0.15, 0.2) is 0 Å². The molecule has 2 amide bonds. The van der Waals surface area contributed by atoms with Crippen LogP contribution in [0, 0.1) is 0 Å². The van der Waals surface area contributed by atoms with Gasteiger partial charge in [0.2, 0.25) is 11.8 Å². The highest BCUT2D eigenvalue weighted by molar-refractivity contribution is 7.99. The molecule has 9 nitrogen and oxygen atoms in total. The number of hydrogen-bond acceptors (Lipinski definition) is 6. The molecule has 118 valence electrons. The highest BCUT2D eigenvalue weighted by Gasteiger charge is 2.35. The topological polar surface area (TPSA) is 150 Å². The minimum absolute atomic E-state index is 0.221. The predicted octanol–water partition coefficient (Wildman–Crippen LogP) is -1.72. The molecular formula is C11H17N3O6S. The summed E-state index contributed by atoms with van der Waals surface area (Å²) >= 11 is 1.36. The van der Waals surface area contributed by atoms with E-state index >= 15 is 0 Å². The Morgan fingerprint density at radius 1 is 1.33 bits per heavy atom. The Balaban J connectivity index is 2.66. The number of aliphatic carboxylic acids is 2. The second kappa shape index (κ2) is 7.84. The Bertz CT molecular complexity index is 444. The number of amides is 2. The van der Waals surface area contributed by atoms with Crippen molar-refractivity contribution in [3.63, 3.8) is 0 Å². The molecule has 21 heavy (non-hydrogen) atoms. The fourth-order valence-electron chi connectivity index (χ4n) is 1.82. The van der Waals surface area contributed by atoms with E-state index in [9.17, 15) is 19.2 Å². The quantitative estimate of drug-likeness (QED) is 0.433. The summed E-state index contributed by atoms with van der Waals surface area (Å²) in [5.74, 6) is -2.79. The van der Waals surface area contributed by atoms with E-state index in [1.165, 1.54) is 16.7 Å². The fourth-order valence-corrected chi connectivity index (χ4v) is 3.00. The Morgan fingerprint density at radius 2 is 2.00 bits per heavy atom. The summed E-state index contributed by atoms with van der Waals surface area (Å²) in [6.07, 6.45) is -0.594. The SMILES string of the molecule is NCC(=O)N1CSC[C@@H]1C(=O)N[C@@H](CCC(=O)O)C(=O)O. The van der Waals surface area contributed by atoms with Gasteiger partial charge in [0.1, 0.15) is 12.1 Å². The van der Waals surface area contributed by atoms with Gasteiger partial charge < -0.3 is 26.2 Å². The molecule has 1 aliphatic heterocycles. The van der Waals surface area contributed by atoms with Crippen LogP contribution < -0.4 is 11.1 Å². The smallest absolute Gasteiger partial charge is 0.326 e. The van der Waals surface area contributed by atoms with Crippen molar-refractivity contribution in [2.24, 2.45) is 5.73 Å². The monoisotopic (exact) mass is 319 g/mol. The highest BCUT2D eigenvalue weighted by Crippen LogP contribution is 2.21. The Kier molecular flexibility index (Phi) is 6.43. The molecule has 1 fully saturated rings. The third-order valence-corrected chi connectivity index (χ3v) is 3.95. The number of hydrogen-bond donors (Lipinski definition) is 4. The second-order valence-electron chi connectivity index (χ2n) is 4.42. The standard InChI is InChI=1S/C11H17N3O6S/c12-3-8(15)14-5-21-4-7(14)10(18)13-6(11(19)20)1-2-9(16)17/h6-7H,1-5,12H2,(H,13,18)(H,16,17)(H,19,20)/t6-,7+/m0/s1. The number of carboxylic acid groups (broad SMARTS) is 2. The molecule has 0 spiro atoms. The maximum atomic E-state index is 12.1. The molecule has 10 heteroatoms. The van der Waals surface area contributed by atoms with Crippen molar-refractivity contribution in [2.75, 3.05) is 18.2 Å². The first-order valence-electron chi connectivity index (χ1n) is 6.19. The van der Waals surface area contributed by atoms with E-state index in [2.05, 4.69) is 5.32 Å². The average Bonchev–Trinajstić information content (AvgIpc) is 2.91. The number of carbonyl (C=O) groups is 4. The molecule has 1 aliphatic rings. The van der Waals surface area contributed by atoms with Gasteiger partial charge in [-0.25, -0.2) is 4.79 Å². The van der Waals surface area contributed by atoms with Crippen LogP contribution in [0.4, 0.5) is 0 Å². The first-order valence-corrected chi connectivity index (χ1v) is 7.34. The fraction of sp³-hybridized carbons (Fsp3) is 0.636. The summed E-state index contributed by atoms with van der Waals surface area (Å²) in [5.41, 5.74) is 5.25. The lowest BCUT2D eigenvalue weighted by Gasteiger charge is -2.24. The van der Waals surface area contributed by atoms with Crippen LogP contribution in [0.2, 0.25) is 0 Å². The van der Waals surface area contributed by atoms with E-state index in [1.807, 2.05) is 0 Å². The zero-order valence-corrected chi connectivity index (χ0v) is 12.0. The highest BCUT2D eigenvalue weighted by atomic mass is 32.2. The molecule has 0 unspecified atom stereocenters. The van der Waals surface area contributed by atoms with E-state index in [0.717, 1.165) is 0 Å². The largest absolute Gasteiger partial charge is 0.481 e. The van der Waals surface area contributed by atoms with Crippen molar-refractivity contribution in [3.8, 4) is 0 Å². The van der Waals surface area contributed by atoms with Gasteiger partial charge in [-0.2, -0.15) is 0 Å². The molecule has 0 aromatic carbocycles. The first kappa shape index (κ1) is 17.2. The van der Waals surface area contributed by atoms with Gasteiger partial charge in [-0.1, -0.05) is 0 Å². The normalized spacial score (nSPS) is 19.1. The molecule has 0 saturated carbocycles. The molecule has 1 heterocycles. The van der Waals surface area contributed by atoms with Crippen molar-refractivity contribution in [1.29, 1.82) is 0 Å². The molecular weight excluding hydrogens is 302 g/mol. The molecule has 5 N–H and O–H groups in total. The third kappa shape index (κ3) is 4.90. The lowest BCUT2D eigenvalue weighted by molar-refractivity contribution is -0.144. The lowest BCUT2D eigenvalue weighted by atomic mass is 10.1. The molecule has 0 aromatic rings. The average molecular weight is 319 g/mol. The van der Waals surface area contributed by atoms with Gasteiger partial charge in [0, 0.05) is 12.2 Å². The van der Waals surface area contributed by atoms with Gasteiger partial charge in [0.25, 0.3) is 0 Å². The van der Waals surface area contributed by atoms with Crippen molar-refractivity contribution in [1.82, 2.24) is 10.2 Å². The van der Waals surface area contributed by atoms with Crippen LogP contribution >= 0.6 is 11.8 Å². The van der Waals surface area contributed by atoms with Gasteiger partial charge >= 0.3 is 11.9 Å². The first-order chi connectivity index (χ1) is 9.86. The van der Waals surface area contributed by atoms with Crippen LogP contribution in [-0.2, 0) is 19.2 Å². The van der Waals surface area contributed by atoms with Crippen molar-refractivity contribution < 1.29 is 29.4 Å². The van der Waals surface area contributed by atoms with Crippen LogP contribution in [0.1, 0.15) is 12.8 Å². The minimum atomic E-state index is -1.31. The maximum Gasteiger partial charge on any atom is 0.326 e. The number of thioether (sulfide) groups is 1. The lowest BCUT2D eigenvalue weighted by Crippen LogP contribution is -2.52. The summed E-state index contributed by atoms with van der Waals surface area (Å²) in [7, 11) is 0. The van der Waals surface area contributed by atoms with E-state index in [1.54, 1.807) is 0 Å². The van der Waals surface area contributed by atoms with Crippen molar-refractivity contribution >= 4 is 35.5 Å². The number of carboxylic acids is 2. The summed E-state index contributed by atoms with van der Waals surface area (Å²) < 4.78 is 0. The summed E-state index contributed by atoms with van der Waals surface area (Å²) in [4.78, 5) is 46.4. The number of nitrogens with two attached hydrogens (primary N) is 1. The summed E-state index contributed by atoms with van der Waals surface area (Å²) in [6.45, 7) is -0.230. The molecule has 1 rings (SSSR count). The van der Waals surface area contributed by atoms with E-state index in [0.29, 0.717) is 11.6 Å². The molecule has 0 bridgehead atoms. The zero-order valence-electron chi connectivity index (χ0n) is 11.2. The molecule has 2 atom stereocenters. The third-order valence-electron chi connectivity index (χ3n) is 2.94. The van der Waals surface area contributed by atoms with Gasteiger partial charge in [-0.3, -0.25) is 14.4 Å². The van der Waals surface area contributed by atoms with Gasteiger partial charge in [-0.15, -0.1) is 11.8 Å². The van der Waals surface area contributed by atoms with Crippen LogP contribution in [-0.4, -0.2) is 69.1 Å². The van der Waals surface area contributed by atoms with Gasteiger partial charge in [-0.05, 0) is 6.42 Å². The summed E-state index contributed by atoms with van der Waals surface area (Å²) in [5, 5.41) is 19.8. The van der Waals surface area contributed by atoms with E-state index < -0.39 is 35.8 Å². The maximum absolute atomic E-state index is 12.1.